The molecule has 0 amide bonds. The molecule has 1 aromatic heterocycles. The minimum atomic E-state index is -3.59. The number of allylic oxidation sites excluding steroid dienone is 2. The normalized spacial score (nSPS) is 17.2. The zero-order chi connectivity index (χ0) is 20.4. The number of hydrogen-bond donors (Lipinski definition) is 0. The molecule has 10 heteroatoms. The third-order valence-electron chi connectivity index (χ3n) is 4.37. The molecule has 4 rings (SSSR count). The summed E-state index contributed by atoms with van der Waals surface area (Å²) in [5, 5.41) is 3.97. The van der Waals surface area contributed by atoms with Crippen molar-refractivity contribution in [2.24, 2.45) is 4.40 Å². The minimum Gasteiger partial charge on any atom is -0.497 e. The van der Waals surface area contributed by atoms with Crippen LogP contribution >= 0.6 is 0 Å². The first kappa shape index (κ1) is 18.9. The molecule has 0 bridgehead atoms. The first-order chi connectivity index (χ1) is 13.9. The standard InChI is InChI=1S/C19H17N3O6S/c1-26-14-6-4-13(5-7-14)17-11-15(28-20-17)12-27-19(23)16-3-2-8-22-9-10-29(24,25)21-18(16)22/h2-8,11H,9-10,12H2,1H3. The van der Waals surface area contributed by atoms with Crippen molar-refractivity contribution in [3.8, 4) is 17.0 Å². The Labute approximate surface area is 167 Å². The molecule has 9 nitrogen and oxygen atoms in total. The van der Waals surface area contributed by atoms with E-state index in [1.54, 1.807) is 42.5 Å². The topological polar surface area (TPSA) is 111 Å². The number of carbonyl (C=O) groups is 1. The van der Waals surface area contributed by atoms with Crippen molar-refractivity contribution in [3.63, 3.8) is 0 Å². The van der Waals surface area contributed by atoms with Crippen LogP contribution in [0, 0.1) is 0 Å². The van der Waals surface area contributed by atoms with E-state index in [1.807, 2.05) is 12.1 Å². The highest BCUT2D eigenvalue weighted by Crippen LogP contribution is 2.23. The van der Waals surface area contributed by atoms with Crippen LogP contribution in [0.2, 0.25) is 0 Å². The lowest BCUT2D eigenvalue weighted by Gasteiger charge is -2.28. The largest absolute Gasteiger partial charge is 0.497 e. The Morgan fingerprint density at radius 1 is 1.28 bits per heavy atom. The van der Waals surface area contributed by atoms with E-state index in [-0.39, 0.29) is 30.3 Å². The molecule has 0 radical (unpaired) electrons. The predicted molar refractivity (Wildman–Crippen MR) is 103 cm³/mol. The quantitative estimate of drug-likeness (QED) is 0.681. The lowest BCUT2D eigenvalue weighted by atomic mass is 10.1. The number of aromatic nitrogens is 1. The van der Waals surface area contributed by atoms with Crippen molar-refractivity contribution in [2.75, 3.05) is 19.4 Å². The van der Waals surface area contributed by atoms with E-state index in [0.717, 1.165) is 11.3 Å². The third-order valence-corrected chi connectivity index (χ3v) is 5.52. The molecular weight excluding hydrogens is 398 g/mol. The van der Waals surface area contributed by atoms with Crippen LogP contribution in [0.25, 0.3) is 11.3 Å². The molecule has 0 spiro atoms. The molecule has 29 heavy (non-hydrogen) atoms. The highest BCUT2D eigenvalue weighted by Gasteiger charge is 2.30. The van der Waals surface area contributed by atoms with Crippen LogP contribution < -0.4 is 4.74 Å². The molecule has 3 heterocycles. The molecule has 0 fully saturated rings. The van der Waals surface area contributed by atoms with Gasteiger partial charge in [0.15, 0.2) is 18.2 Å². The number of ether oxygens (including phenoxy) is 2. The molecule has 1 aromatic carbocycles. The van der Waals surface area contributed by atoms with Crippen molar-refractivity contribution >= 4 is 21.8 Å². The van der Waals surface area contributed by atoms with E-state index in [9.17, 15) is 13.2 Å². The van der Waals surface area contributed by atoms with Crippen molar-refractivity contribution < 1.29 is 27.2 Å². The van der Waals surface area contributed by atoms with Gasteiger partial charge in [-0.05, 0) is 36.4 Å². The number of sulfonamides is 1. The summed E-state index contributed by atoms with van der Waals surface area (Å²) in [5.74, 6) is 0.349. The van der Waals surface area contributed by atoms with Gasteiger partial charge in [0.1, 0.15) is 17.0 Å². The number of hydrogen-bond acceptors (Lipinski definition) is 8. The average molecular weight is 415 g/mol. The van der Waals surface area contributed by atoms with E-state index in [0.29, 0.717) is 11.5 Å². The van der Waals surface area contributed by atoms with E-state index in [2.05, 4.69) is 9.55 Å². The van der Waals surface area contributed by atoms with Gasteiger partial charge in [0.05, 0.1) is 12.9 Å². The molecule has 2 aliphatic rings. The number of rotatable bonds is 5. The molecule has 0 saturated carbocycles. The maximum atomic E-state index is 12.5. The fourth-order valence-electron chi connectivity index (χ4n) is 2.87. The van der Waals surface area contributed by atoms with Crippen molar-refractivity contribution in [1.82, 2.24) is 10.1 Å². The average Bonchev–Trinajstić information content (AvgIpc) is 3.20. The Morgan fingerprint density at radius 2 is 2.07 bits per heavy atom. The zero-order valence-electron chi connectivity index (χ0n) is 15.4. The van der Waals surface area contributed by atoms with Crippen LogP contribution in [0.4, 0.5) is 0 Å². The van der Waals surface area contributed by atoms with Crippen LogP contribution in [0.5, 0.6) is 5.75 Å². The fraction of sp³-hybridized carbons (Fsp3) is 0.211. The Morgan fingerprint density at radius 3 is 2.83 bits per heavy atom. The van der Waals surface area contributed by atoms with Crippen molar-refractivity contribution in [1.29, 1.82) is 0 Å². The number of carbonyl (C=O) groups excluding carboxylic acids is 1. The summed E-state index contributed by atoms with van der Waals surface area (Å²) in [4.78, 5) is 14.1. The lowest BCUT2D eigenvalue weighted by Crippen LogP contribution is -2.40. The lowest BCUT2D eigenvalue weighted by molar-refractivity contribution is -0.140. The Bertz CT molecular complexity index is 1130. The number of esters is 1. The number of amidine groups is 1. The van der Waals surface area contributed by atoms with Crippen molar-refractivity contribution in [2.45, 2.75) is 6.61 Å². The third kappa shape index (κ3) is 4.06. The number of nitrogens with zero attached hydrogens (tertiary/aromatic N) is 3. The number of fused-ring (bicyclic) bond motifs is 1. The Hall–Kier alpha value is -3.40. The van der Waals surface area contributed by atoms with Gasteiger partial charge in [-0.2, -0.15) is 0 Å². The molecule has 2 aromatic rings. The maximum Gasteiger partial charge on any atom is 0.342 e. The van der Waals surface area contributed by atoms with E-state index in [1.165, 1.54) is 6.08 Å². The van der Waals surface area contributed by atoms with Gasteiger partial charge in [0.2, 0.25) is 0 Å². The van der Waals surface area contributed by atoms with Gasteiger partial charge in [-0.15, -0.1) is 4.40 Å². The molecule has 0 unspecified atom stereocenters. The number of methoxy groups -OCH3 is 1. The van der Waals surface area contributed by atoms with Crippen LogP contribution in [0.15, 0.2) is 63.2 Å². The molecule has 0 saturated heterocycles. The SMILES string of the molecule is COc1ccc(-c2cc(COC(=O)C3=CC=CN4CCS(=O)(=O)N=C34)on2)cc1. The van der Waals surface area contributed by atoms with E-state index in [4.69, 9.17) is 14.0 Å². The second kappa shape index (κ2) is 7.55. The Balaban J connectivity index is 1.45. The summed E-state index contributed by atoms with van der Waals surface area (Å²) in [6.45, 7) is 0.0820. The molecular formula is C19H17N3O6S. The van der Waals surface area contributed by atoms with E-state index < -0.39 is 16.0 Å². The number of benzene rings is 1. The summed E-state index contributed by atoms with van der Waals surface area (Å²) in [6, 6.07) is 8.94. The summed E-state index contributed by atoms with van der Waals surface area (Å²) in [5.41, 5.74) is 1.49. The fourth-order valence-corrected chi connectivity index (χ4v) is 3.85. The van der Waals surface area contributed by atoms with Crippen LogP contribution in [-0.4, -0.2) is 49.7 Å². The molecule has 0 N–H and O–H groups in total. The van der Waals surface area contributed by atoms with Gasteiger partial charge < -0.3 is 18.9 Å². The summed E-state index contributed by atoms with van der Waals surface area (Å²) in [7, 11) is -2.01. The van der Waals surface area contributed by atoms with Crippen LogP contribution in [0.1, 0.15) is 5.76 Å². The second-order valence-corrected chi connectivity index (χ2v) is 8.05. The van der Waals surface area contributed by atoms with Gasteiger partial charge in [-0.3, -0.25) is 0 Å². The predicted octanol–water partition coefficient (Wildman–Crippen LogP) is 1.89. The molecule has 2 aliphatic heterocycles. The zero-order valence-corrected chi connectivity index (χ0v) is 16.3. The first-order valence-electron chi connectivity index (χ1n) is 8.70. The van der Waals surface area contributed by atoms with Gasteiger partial charge >= 0.3 is 5.97 Å². The summed E-state index contributed by atoms with van der Waals surface area (Å²) < 4.78 is 42.9. The highest BCUT2D eigenvalue weighted by molar-refractivity contribution is 7.90. The van der Waals surface area contributed by atoms with Gasteiger partial charge in [0, 0.05) is 24.4 Å². The van der Waals surface area contributed by atoms with Crippen LogP contribution in [0.3, 0.4) is 0 Å². The summed E-state index contributed by atoms with van der Waals surface area (Å²) in [6.07, 6.45) is 4.79. The first-order valence-corrected chi connectivity index (χ1v) is 10.3. The van der Waals surface area contributed by atoms with Crippen molar-refractivity contribution in [3.05, 3.63) is 60.0 Å². The molecule has 150 valence electrons. The monoisotopic (exact) mass is 415 g/mol. The summed E-state index contributed by atoms with van der Waals surface area (Å²) >= 11 is 0. The maximum absolute atomic E-state index is 12.5. The highest BCUT2D eigenvalue weighted by atomic mass is 32.2. The molecule has 0 aliphatic carbocycles. The van der Waals surface area contributed by atoms with Gasteiger partial charge in [-0.1, -0.05) is 5.16 Å². The van der Waals surface area contributed by atoms with Gasteiger partial charge in [0.25, 0.3) is 10.0 Å². The smallest absolute Gasteiger partial charge is 0.342 e. The molecule has 0 atom stereocenters. The second-order valence-electron chi connectivity index (χ2n) is 6.30. The minimum absolute atomic E-state index is 0.0697. The van der Waals surface area contributed by atoms with Gasteiger partial charge in [-0.25, -0.2) is 13.2 Å². The van der Waals surface area contributed by atoms with Crippen LogP contribution in [-0.2, 0) is 26.2 Å². The Kier molecular flexibility index (Phi) is 4.93. The van der Waals surface area contributed by atoms with E-state index >= 15 is 0 Å².